The molecule has 0 N–H and O–H groups in total. The van der Waals surface area contributed by atoms with E-state index in [1.54, 1.807) is 4.43 Å². The molecule has 0 aliphatic carbocycles. The first-order chi connectivity index (χ1) is 30.3. The minimum atomic E-state index is -2.04. The molecule has 9 aromatic rings. The normalized spacial score (nSPS) is 14.7. The molecule has 6 aliphatic heterocycles. The smallest absolute Gasteiger partial charge is 0.314 e. The van der Waals surface area contributed by atoms with Gasteiger partial charge in [-0.25, -0.2) is 0 Å². The number of hydrogen-bond donors (Lipinski definition) is 0. The zero-order valence-corrected chi connectivity index (χ0v) is 34.2. The highest BCUT2D eigenvalue weighted by molar-refractivity contribution is 7.07. The molecule has 278 valence electrons. The largest absolute Gasteiger partial charge is 0.396 e. The Labute approximate surface area is 359 Å². The number of anilines is 12. The van der Waals surface area contributed by atoms with E-state index in [1.807, 2.05) is 0 Å². The van der Waals surface area contributed by atoms with E-state index in [9.17, 15) is 0 Å². The Hall–Kier alpha value is -7.16. The minimum absolute atomic E-state index is 0.0528. The van der Waals surface area contributed by atoms with E-state index in [0.717, 1.165) is 0 Å². The van der Waals surface area contributed by atoms with Crippen molar-refractivity contribution in [1.82, 2.24) is 0 Å². The second-order valence-corrected chi connectivity index (χ2v) is 19.8. The molecule has 0 spiro atoms. The standard InChI is InChI=1S/C54H33B2N4.Al/c1-5-19-37(20-6-1)57-45-29-15-13-27-41(45)55-43-35-44-52(36-51(43)59(39-23-9-3-10-24-39)49-33-17-31-47(57)53(49)55)60(40-25-11-4-12-26-40)50-34-18-32-48-54(50)56(44)42-28-14-16-30-46(42)58(48)38-21-7-2-8-22-38;/h1-23,25,27-35H;. The Balaban J connectivity index is 1.11. The van der Waals surface area contributed by atoms with Crippen molar-refractivity contribution >= 4 is 142 Å². The number of hydrogen-bond acceptors (Lipinski definition) is 4. The first-order valence-electron chi connectivity index (χ1n) is 21.5. The van der Waals surface area contributed by atoms with Gasteiger partial charge in [-0.1, -0.05) is 141 Å². The van der Waals surface area contributed by atoms with Crippen molar-refractivity contribution < 1.29 is 0 Å². The number of para-hydroxylation sites is 6. The number of rotatable bonds is 2. The van der Waals surface area contributed by atoms with Crippen molar-refractivity contribution in [2.45, 2.75) is 0 Å². The molecule has 61 heavy (non-hydrogen) atoms. The van der Waals surface area contributed by atoms with Gasteiger partial charge in [-0.05, 0) is 106 Å². The van der Waals surface area contributed by atoms with Gasteiger partial charge in [-0.3, -0.25) is 0 Å². The Morgan fingerprint density at radius 1 is 0.295 bits per heavy atom. The van der Waals surface area contributed by atoms with Crippen molar-refractivity contribution in [2.75, 3.05) is 19.6 Å². The van der Waals surface area contributed by atoms with Crippen LogP contribution in [0.25, 0.3) is 0 Å². The minimum Gasteiger partial charge on any atom is -0.314 e. The second kappa shape index (κ2) is 11.8. The zero-order chi connectivity index (χ0) is 39.5. The Morgan fingerprint density at radius 3 is 1.11 bits per heavy atom. The van der Waals surface area contributed by atoms with Crippen LogP contribution in [0.3, 0.4) is 0 Å². The van der Waals surface area contributed by atoms with Crippen molar-refractivity contribution in [1.29, 1.82) is 0 Å². The van der Waals surface area contributed by atoms with Crippen molar-refractivity contribution in [3.05, 3.63) is 200 Å². The lowest BCUT2D eigenvalue weighted by atomic mass is 9.30. The molecule has 9 aromatic carbocycles. The molecule has 0 saturated heterocycles. The average Bonchev–Trinajstić information content (AvgIpc) is 3.33. The van der Waals surface area contributed by atoms with Gasteiger partial charge in [-0.2, -0.15) is 0 Å². The molecule has 0 bridgehead atoms. The van der Waals surface area contributed by atoms with Gasteiger partial charge in [0, 0.05) is 68.2 Å². The van der Waals surface area contributed by atoms with Crippen LogP contribution in [0, 0.1) is 0 Å². The Kier molecular flexibility index (Phi) is 6.30. The maximum absolute atomic E-state index is 2.68. The summed E-state index contributed by atoms with van der Waals surface area (Å²) in [4.78, 5) is 10.4. The SMILES string of the molecule is c1ccc(N2c3ccccc3B3c4cc5c6[c]7c4N(c4cccc[c]4[Al]7[c]4ccccc4N6c4cccc6c4B5c4ccccc4N6c4ccccc4)c4cccc2c43)cc1. The second-order valence-electron chi connectivity index (χ2n) is 17.1. The molecule has 0 radical (unpaired) electrons. The van der Waals surface area contributed by atoms with Gasteiger partial charge < -0.3 is 19.6 Å². The molecular formula is C54H33AlB2N4. The quantitative estimate of drug-likeness (QED) is 0.175. The molecule has 0 aromatic heterocycles. The van der Waals surface area contributed by atoms with E-state index < -0.39 is 14.1 Å². The predicted octanol–water partition coefficient (Wildman–Crippen LogP) is 6.99. The Bertz CT molecular complexity index is 3170. The van der Waals surface area contributed by atoms with Crippen LogP contribution in [-0.2, 0) is 0 Å². The summed E-state index contributed by atoms with van der Waals surface area (Å²) in [5, 5.41) is 0. The fourth-order valence-corrected chi connectivity index (χ4v) is 16.0. The fraction of sp³-hybridized carbons (Fsp3) is 0. The van der Waals surface area contributed by atoms with Gasteiger partial charge in [0.05, 0.1) is 0 Å². The summed E-state index contributed by atoms with van der Waals surface area (Å²) in [5.41, 5.74) is 23.7. The lowest BCUT2D eigenvalue weighted by Gasteiger charge is -2.53. The van der Waals surface area contributed by atoms with Crippen LogP contribution >= 0.6 is 0 Å². The van der Waals surface area contributed by atoms with Crippen LogP contribution in [-0.4, -0.2) is 27.6 Å². The number of fused-ring (bicyclic) bond motifs is 14. The van der Waals surface area contributed by atoms with Crippen molar-refractivity contribution in [2.24, 2.45) is 0 Å². The molecule has 0 fully saturated rings. The van der Waals surface area contributed by atoms with E-state index in [4.69, 9.17) is 0 Å². The maximum Gasteiger partial charge on any atom is 0.396 e. The van der Waals surface area contributed by atoms with Gasteiger partial charge in [0.1, 0.15) is 0 Å². The van der Waals surface area contributed by atoms with Crippen molar-refractivity contribution in [3.8, 4) is 0 Å². The highest BCUT2D eigenvalue weighted by atomic mass is 27.2. The van der Waals surface area contributed by atoms with E-state index in [-0.39, 0.29) is 13.4 Å². The summed E-state index contributed by atoms with van der Waals surface area (Å²) in [7, 11) is 0. The monoisotopic (exact) mass is 786 g/mol. The first-order valence-corrected chi connectivity index (χ1v) is 23.2. The average molecular weight is 786 g/mol. The molecule has 7 heteroatoms. The molecule has 0 atom stereocenters. The van der Waals surface area contributed by atoms with Crippen LogP contribution in [0.1, 0.15) is 0 Å². The van der Waals surface area contributed by atoms with Crippen LogP contribution in [0.5, 0.6) is 0 Å². The summed E-state index contributed by atoms with van der Waals surface area (Å²) >= 11 is -2.04. The van der Waals surface area contributed by atoms with Crippen LogP contribution < -0.4 is 65.7 Å². The molecule has 0 saturated carbocycles. The van der Waals surface area contributed by atoms with E-state index >= 15 is 0 Å². The number of benzene rings is 9. The fourth-order valence-electron chi connectivity index (χ4n) is 12.3. The maximum atomic E-state index is 2.68. The van der Waals surface area contributed by atoms with E-state index in [1.165, 1.54) is 110 Å². The molecule has 15 rings (SSSR count). The third-order valence-electron chi connectivity index (χ3n) is 14.4. The molecule has 0 amide bonds. The van der Waals surface area contributed by atoms with Gasteiger partial charge in [-0.15, -0.1) is 0 Å². The third kappa shape index (κ3) is 4.00. The highest BCUT2D eigenvalue weighted by Gasteiger charge is 2.55. The highest BCUT2D eigenvalue weighted by Crippen LogP contribution is 2.49. The third-order valence-corrected chi connectivity index (χ3v) is 17.7. The van der Waals surface area contributed by atoms with Crippen molar-refractivity contribution in [3.63, 3.8) is 0 Å². The van der Waals surface area contributed by atoms with Gasteiger partial charge in [0.15, 0.2) is 0 Å². The molecule has 6 aliphatic rings. The van der Waals surface area contributed by atoms with Crippen LogP contribution in [0.15, 0.2) is 200 Å². The van der Waals surface area contributed by atoms with Gasteiger partial charge in [0.2, 0.25) is 0 Å². The number of nitrogens with zero attached hydrogens (tertiary/aromatic N) is 4. The summed E-state index contributed by atoms with van der Waals surface area (Å²) in [6.07, 6.45) is 0. The molecule has 4 nitrogen and oxygen atoms in total. The molecular weight excluding hydrogens is 753 g/mol. The van der Waals surface area contributed by atoms with E-state index in [0.29, 0.717) is 0 Å². The van der Waals surface area contributed by atoms with Gasteiger partial charge >= 0.3 is 14.1 Å². The summed E-state index contributed by atoms with van der Waals surface area (Å²) in [6, 6.07) is 75.8. The predicted molar refractivity (Wildman–Crippen MR) is 259 cm³/mol. The summed E-state index contributed by atoms with van der Waals surface area (Å²) < 4.78 is 4.54. The zero-order valence-electron chi connectivity index (χ0n) is 33.1. The summed E-state index contributed by atoms with van der Waals surface area (Å²) in [6.45, 7) is 0.106. The van der Waals surface area contributed by atoms with E-state index in [2.05, 4.69) is 220 Å². The Morgan fingerprint density at radius 2 is 0.656 bits per heavy atom. The van der Waals surface area contributed by atoms with Crippen LogP contribution in [0.4, 0.5) is 68.2 Å². The lowest BCUT2D eigenvalue weighted by Crippen LogP contribution is -2.72. The topological polar surface area (TPSA) is 13.0 Å². The summed E-state index contributed by atoms with van der Waals surface area (Å²) in [5.74, 6) is 0. The lowest BCUT2D eigenvalue weighted by molar-refractivity contribution is 1.24. The first kappa shape index (κ1) is 32.7. The molecule has 0 unspecified atom stereocenters. The molecule has 6 heterocycles. The van der Waals surface area contributed by atoms with Crippen LogP contribution in [0.2, 0.25) is 0 Å². The van der Waals surface area contributed by atoms with Gasteiger partial charge in [0.25, 0.3) is 13.4 Å².